The summed E-state index contributed by atoms with van der Waals surface area (Å²) in [5, 5.41) is 9.96. The Morgan fingerprint density at radius 1 is 0.880 bits per heavy atom. The molecule has 4 N–H and O–H groups in total. The third-order valence-corrected chi connectivity index (χ3v) is 4.74. The number of hydrogen-bond acceptors (Lipinski definition) is 5. The first kappa shape index (κ1) is 20.2. The van der Waals surface area contributed by atoms with Crippen molar-refractivity contribution in [2.75, 3.05) is 0 Å². The second-order valence-corrected chi connectivity index (χ2v) is 6.74. The van der Waals surface area contributed by atoms with Crippen molar-refractivity contribution in [1.29, 1.82) is 5.26 Å². The van der Waals surface area contributed by atoms with E-state index in [1.54, 1.807) is 0 Å². The second-order valence-electron chi connectivity index (χ2n) is 4.51. The van der Waals surface area contributed by atoms with Crippen LogP contribution in [-0.2, 0) is 0 Å². The fourth-order valence-electron chi connectivity index (χ4n) is 1.79. The van der Waals surface area contributed by atoms with Gasteiger partial charge in [0.2, 0.25) is 5.70 Å². The highest BCUT2D eigenvalue weighted by molar-refractivity contribution is 8.03. The van der Waals surface area contributed by atoms with Crippen LogP contribution in [0.2, 0.25) is 0 Å². The Labute approximate surface area is 157 Å². The summed E-state index contributed by atoms with van der Waals surface area (Å²) in [6.07, 6.45) is 0. The fraction of sp³-hybridized carbons (Fsp3) is 0.0526. The number of allylic oxidation sites excluding steroid dienone is 1. The fourth-order valence-corrected chi connectivity index (χ4v) is 3.37. The molecule has 0 radical (unpaired) electrons. The minimum Gasteiger partial charge on any atom is -0.402 e. The highest BCUT2D eigenvalue weighted by Crippen LogP contribution is 2.32. The van der Waals surface area contributed by atoms with Crippen molar-refractivity contribution >= 4 is 23.5 Å². The molecule has 126 valence electrons. The molecule has 0 aromatic heterocycles. The van der Waals surface area contributed by atoms with Gasteiger partial charge in [-0.2, -0.15) is 5.26 Å². The largest absolute Gasteiger partial charge is 0.402 e. The molecule has 0 amide bonds. The van der Waals surface area contributed by atoms with Crippen LogP contribution in [-0.4, -0.2) is 0 Å². The summed E-state index contributed by atoms with van der Waals surface area (Å²) in [5.74, 6) is 0. The molecular weight excluding hydrogens is 348 g/mol. The molecule has 0 aliphatic carbocycles. The molecular formula is C19H18N4S2. The van der Waals surface area contributed by atoms with Gasteiger partial charge in [0.05, 0.1) is 28.3 Å². The Morgan fingerprint density at radius 3 is 1.72 bits per heavy atom. The monoisotopic (exact) mass is 366 g/mol. The highest BCUT2D eigenvalue weighted by atomic mass is 32.2. The summed E-state index contributed by atoms with van der Waals surface area (Å²) in [4.78, 5) is 5.21. The molecule has 0 atom stereocenters. The van der Waals surface area contributed by atoms with Gasteiger partial charge in [0, 0.05) is 9.79 Å². The second kappa shape index (κ2) is 10.1. The number of benzene rings is 2. The molecule has 2 aromatic carbocycles. The van der Waals surface area contributed by atoms with Crippen LogP contribution in [0.3, 0.4) is 0 Å². The van der Waals surface area contributed by atoms with E-state index in [-0.39, 0.29) is 28.8 Å². The Bertz CT molecular complexity index is 771. The zero-order chi connectivity index (χ0) is 17.4. The molecule has 2 rings (SSSR count). The van der Waals surface area contributed by atoms with Gasteiger partial charge in [-0.05, 0) is 24.3 Å². The molecule has 0 unspecified atom stereocenters. The van der Waals surface area contributed by atoms with E-state index in [0.29, 0.717) is 0 Å². The number of thioether (sulfide) groups is 2. The van der Waals surface area contributed by atoms with Gasteiger partial charge in [-0.25, -0.2) is 4.85 Å². The molecule has 4 nitrogen and oxygen atoms in total. The van der Waals surface area contributed by atoms with E-state index in [1.807, 2.05) is 66.7 Å². The van der Waals surface area contributed by atoms with Gasteiger partial charge in [0.15, 0.2) is 0 Å². The van der Waals surface area contributed by atoms with Crippen LogP contribution in [0.5, 0.6) is 0 Å². The predicted molar refractivity (Wildman–Crippen MR) is 106 cm³/mol. The molecule has 0 saturated heterocycles. The maximum atomic E-state index is 9.45. The van der Waals surface area contributed by atoms with Crippen molar-refractivity contribution in [1.82, 2.24) is 0 Å². The van der Waals surface area contributed by atoms with Gasteiger partial charge >= 0.3 is 0 Å². The van der Waals surface area contributed by atoms with Crippen molar-refractivity contribution in [2.24, 2.45) is 11.5 Å². The standard InChI is InChI=1S/C18H14N4S2.CH4/c1-22-16(18(21)24-14-10-6-3-7-11-14)15(12-19)17(20)23-13-8-4-2-5-9-13;/h2-11H,20-21H2;1H4/b17-15+,18-16-;. The van der Waals surface area contributed by atoms with Crippen LogP contribution in [0, 0.1) is 17.9 Å². The number of nitrogens with two attached hydrogens (primary N) is 2. The predicted octanol–water partition coefficient (Wildman–Crippen LogP) is 4.95. The summed E-state index contributed by atoms with van der Waals surface area (Å²) in [6.45, 7) is 7.39. The average molecular weight is 367 g/mol. The van der Waals surface area contributed by atoms with E-state index in [0.717, 1.165) is 9.79 Å². The Kier molecular flexibility index (Phi) is 8.22. The summed E-state index contributed by atoms with van der Waals surface area (Å²) in [6, 6.07) is 20.9. The van der Waals surface area contributed by atoms with Crippen LogP contribution in [0.15, 0.2) is 91.8 Å². The van der Waals surface area contributed by atoms with Crippen LogP contribution in [0.4, 0.5) is 0 Å². The first-order chi connectivity index (χ1) is 11.7. The van der Waals surface area contributed by atoms with Crippen LogP contribution < -0.4 is 11.5 Å². The maximum absolute atomic E-state index is 9.45. The van der Waals surface area contributed by atoms with Gasteiger partial charge in [0.25, 0.3) is 0 Å². The molecule has 0 bridgehead atoms. The first-order valence-electron chi connectivity index (χ1n) is 6.89. The van der Waals surface area contributed by atoms with Crippen LogP contribution in [0.1, 0.15) is 7.43 Å². The van der Waals surface area contributed by atoms with Crippen molar-refractivity contribution in [3.63, 3.8) is 0 Å². The number of hydrogen-bond donors (Lipinski definition) is 2. The van der Waals surface area contributed by atoms with E-state index >= 15 is 0 Å². The molecule has 0 spiro atoms. The van der Waals surface area contributed by atoms with Crippen molar-refractivity contribution in [3.05, 3.63) is 93.4 Å². The minimum absolute atomic E-state index is 0. The van der Waals surface area contributed by atoms with Gasteiger partial charge in [-0.1, -0.05) is 67.3 Å². The lowest BCUT2D eigenvalue weighted by molar-refractivity contribution is 1.34. The van der Waals surface area contributed by atoms with Crippen LogP contribution in [0.25, 0.3) is 4.85 Å². The van der Waals surface area contributed by atoms with E-state index < -0.39 is 0 Å². The van der Waals surface area contributed by atoms with Crippen LogP contribution >= 0.6 is 23.5 Å². The Morgan fingerprint density at radius 2 is 1.32 bits per heavy atom. The first-order valence-corrected chi connectivity index (χ1v) is 8.52. The van der Waals surface area contributed by atoms with Gasteiger partial charge in [0.1, 0.15) is 0 Å². The number of rotatable bonds is 5. The third kappa shape index (κ3) is 5.65. The van der Waals surface area contributed by atoms with Crippen molar-refractivity contribution in [2.45, 2.75) is 17.2 Å². The summed E-state index contributed by atoms with van der Waals surface area (Å²) in [7, 11) is 0. The summed E-state index contributed by atoms with van der Waals surface area (Å²) < 4.78 is 0. The quantitative estimate of drug-likeness (QED) is 0.339. The Hall–Kier alpha value is -2.80. The molecule has 2 aromatic rings. The number of nitrogens with zero attached hydrogens (tertiary/aromatic N) is 2. The molecule has 6 heteroatoms. The number of nitriles is 1. The highest BCUT2D eigenvalue weighted by Gasteiger charge is 2.16. The molecule has 0 aliphatic rings. The summed E-state index contributed by atoms with van der Waals surface area (Å²) in [5.41, 5.74) is 12.3. The zero-order valence-corrected chi connectivity index (χ0v) is 14.3. The summed E-state index contributed by atoms with van der Waals surface area (Å²) >= 11 is 2.47. The van der Waals surface area contributed by atoms with E-state index in [1.165, 1.54) is 23.5 Å². The lowest BCUT2D eigenvalue weighted by atomic mass is 10.2. The molecule has 25 heavy (non-hydrogen) atoms. The van der Waals surface area contributed by atoms with Crippen molar-refractivity contribution in [3.8, 4) is 6.07 Å². The van der Waals surface area contributed by atoms with Crippen molar-refractivity contribution < 1.29 is 0 Å². The minimum atomic E-state index is 0. The van der Waals surface area contributed by atoms with Gasteiger partial charge < -0.3 is 11.5 Å². The van der Waals surface area contributed by atoms with E-state index in [9.17, 15) is 5.26 Å². The van der Waals surface area contributed by atoms with E-state index in [2.05, 4.69) is 4.85 Å². The zero-order valence-electron chi connectivity index (χ0n) is 12.6. The average Bonchev–Trinajstić information content (AvgIpc) is 2.61. The Balaban J connectivity index is 0.00000312. The van der Waals surface area contributed by atoms with Gasteiger partial charge in [-0.3, -0.25) is 0 Å². The van der Waals surface area contributed by atoms with Gasteiger partial charge in [-0.15, -0.1) is 0 Å². The molecule has 0 heterocycles. The maximum Gasteiger partial charge on any atom is 0.236 e. The van der Waals surface area contributed by atoms with E-state index in [4.69, 9.17) is 18.0 Å². The topological polar surface area (TPSA) is 80.2 Å². The smallest absolute Gasteiger partial charge is 0.236 e. The molecule has 0 fully saturated rings. The lowest BCUT2D eigenvalue weighted by Gasteiger charge is -2.08. The molecule has 0 aliphatic heterocycles. The molecule has 0 saturated carbocycles. The SMILES string of the molecule is C.[C-]#[N+]C(=C(/N)Sc1ccccc1)/C(C#N)=C(\N)Sc1ccccc1. The lowest BCUT2D eigenvalue weighted by Crippen LogP contribution is -2.04. The third-order valence-electron chi connectivity index (χ3n) is 2.88. The normalized spacial score (nSPS) is 11.9.